The third kappa shape index (κ3) is 2.62. The van der Waals surface area contributed by atoms with E-state index in [4.69, 9.17) is 5.11 Å². The second-order valence-electron chi connectivity index (χ2n) is 2.49. The van der Waals surface area contributed by atoms with Gasteiger partial charge in [0.05, 0.1) is 12.1 Å². The lowest BCUT2D eigenvalue weighted by Gasteiger charge is -1.88. The van der Waals surface area contributed by atoms with Gasteiger partial charge in [0.1, 0.15) is 0 Å². The van der Waals surface area contributed by atoms with Crippen molar-refractivity contribution in [2.45, 2.75) is 19.8 Å². The molecule has 5 heteroatoms. The van der Waals surface area contributed by atoms with Crippen molar-refractivity contribution in [1.29, 1.82) is 0 Å². The van der Waals surface area contributed by atoms with Crippen molar-refractivity contribution in [3.05, 3.63) is 16.1 Å². The molecular weight excluding hydrogens is 190 g/mol. The van der Waals surface area contributed by atoms with E-state index < -0.39 is 5.97 Å². The summed E-state index contributed by atoms with van der Waals surface area (Å²) in [5.41, 5.74) is 0.453. The van der Waals surface area contributed by atoms with Gasteiger partial charge in [0, 0.05) is 11.8 Å². The SMILES string of the molecule is CCC(=O)c1nc(CC(=O)O)cs1. The summed E-state index contributed by atoms with van der Waals surface area (Å²) in [6.45, 7) is 1.75. The maximum Gasteiger partial charge on any atom is 0.309 e. The lowest BCUT2D eigenvalue weighted by atomic mass is 10.3. The molecule has 0 spiro atoms. The van der Waals surface area contributed by atoms with Gasteiger partial charge in [-0.1, -0.05) is 6.92 Å². The van der Waals surface area contributed by atoms with Crippen LogP contribution in [0, 0.1) is 0 Å². The number of carboxylic acids is 1. The molecule has 0 bridgehead atoms. The van der Waals surface area contributed by atoms with E-state index in [2.05, 4.69) is 4.98 Å². The summed E-state index contributed by atoms with van der Waals surface area (Å²) in [6, 6.07) is 0. The van der Waals surface area contributed by atoms with Crippen molar-refractivity contribution in [1.82, 2.24) is 4.98 Å². The maximum atomic E-state index is 11.1. The maximum absolute atomic E-state index is 11.1. The zero-order chi connectivity index (χ0) is 9.84. The topological polar surface area (TPSA) is 67.3 Å². The molecule has 0 aliphatic rings. The fourth-order valence-corrected chi connectivity index (χ4v) is 1.65. The second-order valence-corrected chi connectivity index (χ2v) is 3.35. The molecule has 0 aromatic carbocycles. The highest BCUT2D eigenvalue weighted by atomic mass is 32.1. The number of hydrogen-bond donors (Lipinski definition) is 1. The molecule has 0 unspecified atom stereocenters. The number of nitrogens with zero attached hydrogens (tertiary/aromatic N) is 1. The van der Waals surface area contributed by atoms with E-state index in [0.717, 1.165) is 0 Å². The molecule has 13 heavy (non-hydrogen) atoms. The molecule has 1 N–H and O–H groups in total. The molecular formula is C8H9NO3S. The Balaban J connectivity index is 2.74. The minimum atomic E-state index is -0.930. The third-order valence-electron chi connectivity index (χ3n) is 1.44. The monoisotopic (exact) mass is 199 g/mol. The van der Waals surface area contributed by atoms with Crippen molar-refractivity contribution >= 4 is 23.1 Å². The van der Waals surface area contributed by atoms with Crippen molar-refractivity contribution in [2.75, 3.05) is 0 Å². The van der Waals surface area contributed by atoms with E-state index >= 15 is 0 Å². The van der Waals surface area contributed by atoms with Crippen molar-refractivity contribution in [2.24, 2.45) is 0 Å². The van der Waals surface area contributed by atoms with E-state index in [0.29, 0.717) is 17.1 Å². The lowest BCUT2D eigenvalue weighted by Crippen LogP contribution is -2.01. The highest BCUT2D eigenvalue weighted by Gasteiger charge is 2.10. The smallest absolute Gasteiger partial charge is 0.309 e. The highest BCUT2D eigenvalue weighted by molar-refractivity contribution is 7.11. The first-order valence-corrected chi connectivity index (χ1v) is 4.70. The van der Waals surface area contributed by atoms with Crippen LogP contribution in [0.25, 0.3) is 0 Å². The standard InChI is InChI=1S/C8H9NO3S/c1-2-6(10)8-9-5(4-13-8)3-7(11)12/h4H,2-3H2,1H3,(H,11,12). The lowest BCUT2D eigenvalue weighted by molar-refractivity contribution is -0.136. The number of ketones is 1. The van der Waals surface area contributed by atoms with Gasteiger partial charge in [-0.15, -0.1) is 11.3 Å². The van der Waals surface area contributed by atoms with Crippen LogP contribution < -0.4 is 0 Å². The van der Waals surface area contributed by atoms with Crippen LogP contribution >= 0.6 is 11.3 Å². The first-order valence-electron chi connectivity index (χ1n) is 3.83. The molecule has 70 valence electrons. The Kier molecular flexibility index (Phi) is 3.13. The molecule has 0 amide bonds. The van der Waals surface area contributed by atoms with Crippen LogP contribution in [-0.4, -0.2) is 21.8 Å². The van der Waals surface area contributed by atoms with Crippen molar-refractivity contribution in [3.63, 3.8) is 0 Å². The van der Waals surface area contributed by atoms with Gasteiger partial charge in [0.15, 0.2) is 10.8 Å². The average molecular weight is 199 g/mol. The summed E-state index contributed by atoms with van der Waals surface area (Å²) in [5, 5.41) is 10.5. The molecule has 1 heterocycles. The fourth-order valence-electron chi connectivity index (χ4n) is 0.822. The summed E-state index contributed by atoms with van der Waals surface area (Å²) >= 11 is 1.20. The summed E-state index contributed by atoms with van der Waals surface area (Å²) in [4.78, 5) is 25.3. The van der Waals surface area contributed by atoms with Crippen LogP contribution in [0.4, 0.5) is 0 Å². The Labute approximate surface area is 79.2 Å². The van der Waals surface area contributed by atoms with Gasteiger partial charge in [-0.2, -0.15) is 0 Å². The predicted octanol–water partition coefficient (Wildman–Crippen LogP) is 1.36. The fraction of sp³-hybridized carbons (Fsp3) is 0.375. The number of rotatable bonds is 4. The summed E-state index contributed by atoms with van der Waals surface area (Å²) in [5.74, 6) is -0.970. The molecule has 0 saturated carbocycles. The second kappa shape index (κ2) is 4.13. The summed E-state index contributed by atoms with van der Waals surface area (Å²) in [7, 11) is 0. The Morgan fingerprint density at radius 2 is 2.31 bits per heavy atom. The molecule has 0 radical (unpaired) electrons. The number of carbonyl (C=O) groups excluding carboxylic acids is 1. The number of carboxylic acid groups (broad SMARTS) is 1. The van der Waals surface area contributed by atoms with E-state index in [1.807, 2.05) is 0 Å². The first kappa shape index (κ1) is 9.85. The van der Waals surface area contributed by atoms with E-state index in [9.17, 15) is 9.59 Å². The number of hydrogen-bond acceptors (Lipinski definition) is 4. The largest absolute Gasteiger partial charge is 0.481 e. The van der Waals surface area contributed by atoms with E-state index in [-0.39, 0.29) is 12.2 Å². The van der Waals surface area contributed by atoms with E-state index in [1.54, 1.807) is 12.3 Å². The Morgan fingerprint density at radius 3 is 2.85 bits per heavy atom. The predicted molar refractivity (Wildman–Crippen MR) is 48.1 cm³/mol. The highest BCUT2D eigenvalue weighted by Crippen LogP contribution is 2.12. The van der Waals surface area contributed by atoms with Crippen LogP contribution in [0.5, 0.6) is 0 Å². The number of thiazole rings is 1. The van der Waals surface area contributed by atoms with E-state index in [1.165, 1.54) is 11.3 Å². The van der Waals surface area contributed by atoms with Gasteiger partial charge < -0.3 is 5.11 Å². The van der Waals surface area contributed by atoms with Crippen LogP contribution in [0.2, 0.25) is 0 Å². The summed E-state index contributed by atoms with van der Waals surface area (Å²) in [6.07, 6.45) is 0.285. The number of aliphatic carboxylic acids is 1. The van der Waals surface area contributed by atoms with Crippen molar-refractivity contribution in [3.8, 4) is 0 Å². The van der Waals surface area contributed by atoms with Crippen LogP contribution in [0.15, 0.2) is 5.38 Å². The van der Waals surface area contributed by atoms with Gasteiger partial charge in [0.25, 0.3) is 0 Å². The number of aromatic nitrogens is 1. The molecule has 1 aromatic rings. The van der Waals surface area contributed by atoms with Gasteiger partial charge >= 0.3 is 5.97 Å². The van der Waals surface area contributed by atoms with Crippen molar-refractivity contribution < 1.29 is 14.7 Å². The summed E-state index contributed by atoms with van der Waals surface area (Å²) < 4.78 is 0. The third-order valence-corrected chi connectivity index (χ3v) is 2.38. The minimum absolute atomic E-state index is 0.0401. The van der Waals surface area contributed by atoms with Gasteiger partial charge in [-0.3, -0.25) is 9.59 Å². The van der Waals surface area contributed by atoms with Crippen LogP contribution in [0.3, 0.4) is 0 Å². The van der Waals surface area contributed by atoms with Crippen LogP contribution in [0.1, 0.15) is 28.8 Å². The normalized spacial score (nSPS) is 9.92. The molecule has 0 aliphatic carbocycles. The molecule has 1 rings (SSSR count). The Hall–Kier alpha value is -1.23. The molecule has 0 fully saturated rings. The molecule has 4 nitrogen and oxygen atoms in total. The molecule has 0 aliphatic heterocycles. The van der Waals surface area contributed by atoms with Gasteiger partial charge in [-0.05, 0) is 0 Å². The average Bonchev–Trinajstić information content (AvgIpc) is 2.50. The zero-order valence-electron chi connectivity index (χ0n) is 7.11. The number of carbonyl (C=O) groups is 2. The number of Topliss-reactive ketones (excluding diaryl/α,β-unsaturated/α-hetero) is 1. The Morgan fingerprint density at radius 1 is 1.62 bits per heavy atom. The quantitative estimate of drug-likeness (QED) is 0.743. The molecule has 0 atom stereocenters. The van der Waals surface area contributed by atoms with Crippen LogP contribution in [-0.2, 0) is 11.2 Å². The molecule has 1 aromatic heterocycles. The Bertz CT molecular complexity index is 332. The zero-order valence-corrected chi connectivity index (χ0v) is 7.93. The van der Waals surface area contributed by atoms with Gasteiger partial charge in [0.2, 0.25) is 0 Å². The minimum Gasteiger partial charge on any atom is -0.481 e. The molecule has 0 saturated heterocycles. The first-order chi connectivity index (χ1) is 6.13. The van der Waals surface area contributed by atoms with Gasteiger partial charge in [-0.25, -0.2) is 4.98 Å².